The molecule has 0 spiro atoms. The number of benzene rings is 1. The number of hydrogen-bond acceptors (Lipinski definition) is 2. The smallest absolute Gasteiger partial charge is 0.0591 e. The topological polar surface area (TPSA) is 26.2 Å². The molecule has 1 aromatic heterocycles. The minimum atomic E-state index is 0.591. The summed E-state index contributed by atoms with van der Waals surface area (Å²) in [5, 5.41) is 4.76. The van der Waals surface area contributed by atoms with Gasteiger partial charge in [0.1, 0.15) is 0 Å². The monoisotopic (exact) mass is 244 g/mol. The summed E-state index contributed by atoms with van der Waals surface area (Å²) < 4.78 is 7.77. The Bertz CT molecular complexity index is 524. The maximum Gasteiger partial charge on any atom is 0.0591 e. The highest BCUT2D eigenvalue weighted by atomic mass is 16.5. The second-order valence-electron chi connectivity index (χ2n) is 5.17. The summed E-state index contributed by atoms with van der Waals surface area (Å²) >= 11 is 0. The van der Waals surface area contributed by atoms with Crippen molar-refractivity contribution in [3.63, 3.8) is 0 Å². The minimum absolute atomic E-state index is 0.591. The van der Waals surface area contributed by atoms with Crippen molar-refractivity contribution < 1.29 is 4.74 Å². The van der Waals surface area contributed by atoms with Crippen LogP contribution in [-0.2, 0) is 18.2 Å². The first kappa shape index (κ1) is 11.8. The van der Waals surface area contributed by atoms with E-state index in [1.54, 1.807) is 0 Å². The van der Waals surface area contributed by atoms with Crippen LogP contribution in [0.5, 0.6) is 0 Å². The molecule has 18 heavy (non-hydrogen) atoms. The van der Waals surface area contributed by atoms with Gasteiger partial charge in [0, 0.05) is 31.9 Å². The molecule has 1 N–H and O–H groups in total. The number of aromatic nitrogens is 1. The van der Waals surface area contributed by atoms with Gasteiger partial charge in [-0.2, -0.15) is 0 Å². The van der Waals surface area contributed by atoms with E-state index in [2.05, 4.69) is 47.4 Å². The van der Waals surface area contributed by atoms with Gasteiger partial charge in [0.2, 0.25) is 0 Å². The number of hydrogen-bond donors (Lipinski definition) is 1. The summed E-state index contributed by atoms with van der Waals surface area (Å²) in [6.45, 7) is 3.76. The van der Waals surface area contributed by atoms with Gasteiger partial charge in [-0.25, -0.2) is 0 Å². The van der Waals surface area contributed by atoms with Gasteiger partial charge in [0.15, 0.2) is 0 Å². The maximum atomic E-state index is 5.60. The van der Waals surface area contributed by atoms with Crippen molar-refractivity contribution >= 4 is 10.9 Å². The lowest BCUT2D eigenvalue weighted by atomic mass is 9.99. The summed E-state index contributed by atoms with van der Waals surface area (Å²) in [6.07, 6.45) is 3.21. The van der Waals surface area contributed by atoms with Crippen molar-refractivity contribution in [3.05, 3.63) is 36.0 Å². The Morgan fingerprint density at radius 2 is 2.33 bits per heavy atom. The molecular weight excluding hydrogens is 224 g/mol. The Kier molecular flexibility index (Phi) is 3.35. The minimum Gasteiger partial charge on any atom is -0.380 e. The summed E-state index contributed by atoms with van der Waals surface area (Å²) in [7, 11) is 2.09. The number of rotatable bonds is 2. The molecule has 3 rings (SSSR count). The molecule has 2 heterocycles. The molecular formula is C15H20N2O. The van der Waals surface area contributed by atoms with Crippen molar-refractivity contribution in [2.24, 2.45) is 13.0 Å². The molecule has 0 saturated carbocycles. The predicted octanol–water partition coefficient (Wildman–Crippen LogP) is 1.96. The number of fused-ring (bicyclic) bond motifs is 1. The highest BCUT2D eigenvalue weighted by Gasteiger charge is 2.13. The Morgan fingerprint density at radius 1 is 1.39 bits per heavy atom. The standard InChI is InChI=1S/C15H20N2O/c1-17-6-4-14-9-12(2-3-15(14)17)8-13-10-16-5-7-18-11-13/h2-4,6,9,13,16H,5,7-8,10-11H2,1H3/t13-/m0/s1. The summed E-state index contributed by atoms with van der Waals surface area (Å²) in [4.78, 5) is 0. The fourth-order valence-corrected chi connectivity index (χ4v) is 2.68. The number of aryl methyl sites for hydroxylation is 1. The quantitative estimate of drug-likeness (QED) is 0.874. The first-order chi connectivity index (χ1) is 8.83. The van der Waals surface area contributed by atoms with E-state index >= 15 is 0 Å². The van der Waals surface area contributed by atoms with E-state index in [0.29, 0.717) is 5.92 Å². The average Bonchev–Trinajstić information content (AvgIpc) is 2.60. The first-order valence-electron chi connectivity index (χ1n) is 6.65. The van der Waals surface area contributed by atoms with Crippen molar-refractivity contribution in [2.45, 2.75) is 6.42 Å². The zero-order valence-electron chi connectivity index (χ0n) is 10.9. The van der Waals surface area contributed by atoms with E-state index in [-0.39, 0.29) is 0 Å². The molecule has 1 atom stereocenters. The van der Waals surface area contributed by atoms with Crippen LogP contribution >= 0.6 is 0 Å². The van der Waals surface area contributed by atoms with Crippen molar-refractivity contribution in [2.75, 3.05) is 26.3 Å². The molecule has 3 nitrogen and oxygen atoms in total. The highest BCUT2D eigenvalue weighted by Crippen LogP contribution is 2.19. The molecule has 0 radical (unpaired) electrons. The third-order valence-electron chi connectivity index (χ3n) is 3.68. The van der Waals surface area contributed by atoms with Crippen LogP contribution in [0.25, 0.3) is 10.9 Å². The van der Waals surface area contributed by atoms with Crippen LogP contribution < -0.4 is 5.32 Å². The Balaban J connectivity index is 1.77. The van der Waals surface area contributed by atoms with Gasteiger partial charge in [-0.1, -0.05) is 6.07 Å². The average molecular weight is 244 g/mol. The van der Waals surface area contributed by atoms with Gasteiger partial charge < -0.3 is 14.6 Å². The second kappa shape index (κ2) is 5.12. The van der Waals surface area contributed by atoms with Gasteiger partial charge in [-0.3, -0.25) is 0 Å². The van der Waals surface area contributed by atoms with Gasteiger partial charge in [0.25, 0.3) is 0 Å². The van der Waals surface area contributed by atoms with E-state index in [9.17, 15) is 0 Å². The molecule has 1 aliphatic heterocycles. The number of nitrogens with one attached hydrogen (secondary N) is 1. The molecule has 1 aliphatic rings. The highest BCUT2D eigenvalue weighted by molar-refractivity contribution is 5.80. The lowest BCUT2D eigenvalue weighted by Gasteiger charge is -2.13. The lowest BCUT2D eigenvalue weighted by molar-refractivity contribution is 0.123. The zero-order chi connectivity index (χ0) is 12.4. The van der Waals surface area contributed by atoms with Crippen LogP contribution in [0.4, 0.5) is 0 Å². The van der Waals surface area contributed by atoms with Crippen molar-refractivity contribution in [1.82, 2.24) is 9.88 Å². The summed E-state index contributed by atoms with van der Waals surface area (Å²) in [5.41, 5.74) is 2.71. The molecule has 0 aliphatic carbocycles. The number of ether oxygens (including phenoxy) is 1. The molecule has 0 amide bonds. The molecule has 0 unspecified atom stereocenters. The fourth-order valence-electron chi connectivity index (χ4n) is 2.68. The third kappa shape index (κ3) is 2.42. The second-order valence-corrected chi connectivity index (χ2v) is 5.17. The van der Waals surface area contributed by atoms with E-state index in [4.69, 9.17) is 4.74 Å². The van der Waals surface area contributed by atoms with E-state index < -0.39 is 0 Å². The van der Waals surface area contributed by atoms with Gasteiger partial charge >= 0.3 is 0 Å². The zero-order valence-corrected chi connectivity index (χ0v) is 10.9. The summed E-state index contributed by atoms with van der Waals surface area (Å²) in [6, 6.07) is 8.95. The third-order valence-corrected chi connectivity index (χ3v) is 3.68. The molecule has 96 valence electrons. The molecule has 1 aromatic carbocycles. The first-order valence-corrected chi connectivity index (χ1v) is 6.65. The van der Waals surface area contributed by atoms with Gasteiger partial charge in [-0.15, -0.1) is 0 Å². The Labute approximate surface area is 108 Å². The van der Waals surface area contributed by atoms with Crippen LogP contribution in [0.15, 0.2) is 30.5 Å². The largest absolute Gasteiger partial charge is 0.380 e. The molecule has 1 fully saturated rings. The normalized spacial score (nSPS) is 21.1. The van der Waals surface area contributed by atoms with Gasteiger partial charge in [0.05, 0.1) is 13.2 Å². The Hall–Kier alpha value is -1.32. The molecule has 2 aromatic rings. The van der Waals surface area contributed by atoms with Crippen LogP contribution in [0, 0.1) is 5.92 Å². The van der Waals surface area contributed by atoms with E-state index in [1.165, 1.54) is 16.5 Å². The lowest BCUT2D eigenvalue weighted by Crippen LogP contribution is -2.24. The molecule has 1 saturated heterocycles. The van der Waals surface area contributed by atoms with E-state index in [1.807, 2.05) is 0 Å². The van der Waals surface area contributed by atoms with E-state index in [0.717, 1.165) is 32.7 Å². The number of nitrogens with zero attached hydrogens (tertiary/aromatic N) is 1. The maximum absolute atomic E-state index is 5.60. The van der Waals surface area contributed by atoms with Crippen molar-refractivity contribution in [3.8, 4) is 0 Å². The fraction of sp³-hybridized carbons (Fsp3) is 0.467. The summed E-state index contributed by atoms with van der Waals surface area (Å²) in [5.74, 6) is 0.591. The van der Waals surface area contributed by atoms with Crippen molar-refractivity contribution in [1.29, 1.82) is 0 Å². The van der Waals surface area contributed by atoms with Crippen LogP contribution in [0.1, 0.15) is 5.56 Å². The van der Waals surface area contributed by atoms with Gasteiger partial charge in [-0.05, 0) is 41.5 Å². The van der Waals surface area contributed by atoms with Crippen LogP contribution in [0.3, 0.4) is 0 Å². The molecule has 0 bridgehead atoms. The van der Waals surface area contributed by atoms with Crippen LogP contribution in [-0.4, -0.2) is 30.9 Å². The SMILES string of the molecule is Cn1ccc2cc(C[C@H]3CNCCOC3)ccc21. The van der Waals surface area contributed by atoms with Crippen LogP contribution in [0.2, 0.25) is 0 Å². The Morgan fingerprint density at radius 3 is 3.28 bits per heavy atom. The predicted molar refractivity (Wildman–Crippen MR) is 73.8 cm³/mol. The molecule has 3 heteroatoms.